The van der Waals surface area contributed by atoms with E-state index in [1.807, 2.05) is 30.3 Å². The molecule has 0 radical (unpaired) electrons. The summed E-state index contributed by atoms with van der Waals surface area (Å²) in [5.41, 5.74) is 2.21. The van der Waals surface area contributed by atoms with Gasteiger partial charge in [0.2, 0.25) is 5.88 Å². The predicted molar refractivity (Wildman–Crippen MR) is 112 cm³/mol. The number of benzene rings is 2. The highest BCUT2D eigenvalue weighted by atomic mass is 16.5. The molecule has 0 unspecified atom stereocenters. The van der Waals surface area contributed by atoms with Crippen molar-refractivity contribution in [1.29, 1.82) is 0 Å². The molecular weight excluding hydrogens is 366 g/mol. The van der Waals surface area contributed by atoms with Crippen LogP contribution in [0.3, 0.4) is 0 Å². The first kappa shape index (κ1) is 20.3. The largest absolute Gasteiger partial charge is 0.497 e. The van der Waals surface area contributed by atoms with Crippen LogP contribution in [-0.2, 0) is 0 Å². The fraction of sp³-hybridized carbons (Fsp3) is 0.261. The molecule has 3 rings (SSSR count). The van der Waals surface area contributed by atoms with Gasteiger partial charge in [-0.1, -0.05) is 32.0 Å². The van der Waals surface area contributed by atoms with Gasteiger partial charge in [0.15, 0.2) is 0 Å². The molecular formula is C23H25N3O3. The Kier molecular flexibility index (Phi) is 6.79. The van der Waals surface area contributed by atoms with Crippen LogP contribution in [0.5, 0.6) is 17.4 Å². The van der Waals surface area contributed by atoms with Crippen molar-refractivity contribution in [3.05, 3.63) is 66.5 Å². The van der Waals surface area contributed by atoms with Crippen LogP contribution < -0.4 is 14.8 Å². The molecule has 0 atom stereocenters. The number of amides is 1. The van der Waals surface area contributed by atoms with Gasteiger partial charge < -0.3 is 14.8 Å². The lowest BCUT2D eigenvalue weighted by atomic mass is 10.1. The molecule has 0 spiro atoms. The second kappa shape index (κ2) is 9.68. The highest BCUT2D eigenvalue weighted by Gasteiger charge is 2.08. The standard InChI is InChI=1S/C23H25N3O3/c1-16(2)11-12-24-23(27)18-9-7-17(8-10-18)21-14-22(26-15-25-21)29-20-6-4-5-19(13-20)28-3/h4-10,13-16H,11-12H2,1-3H3,(H,24,27). The molecule has 0 aliphatic rings. The zero-order valence-electron chi connectivity index (χ0n) is 16.9. The normalized spacial score (nSPS) is 10.6. The first-order valence-electron chi connectivity index (χ1n) is 9.57. The Balaban J connectivity index is 1.69. The Bertz CT molecular complexity index is 956. The number of aromatic nitrogens is 2. The van der Waals surface area contributed by atoms with Crippen molar-refractivity contribution < 1.29 is 14.3 Å². The van der Waals surface area contributed by atoms with Gasteiger partial charge in [0, 0.05) is 29.8 Å². The maximum atomic E-state index is 12.2. The van der Waals surface area contributed by atoms with Crippen molar-refractivity contribution in [1.82, 2.24) is 15.3 Å². The summed E-state index contributed by atoms with van der Waals surface area (Å²) in [6.07, 6.45) is 2.41. The maximum absolute atomic E-state index is 12.2. The van der Waals surface area contributed by atoms with Crippen molar-refractivity contribution in [2.45, 2.75) is 20.3 Å². The lowest BCUT2D eigenvalue weighted by Crippen LogP contribution is -2.25. The van der Waals surface area contributed by atoms with E-state index in [0.717, 1.165) is 12.0 Å². The van der Waals surface area contributed by atoms with Gasteiger partial charge in [-0.3, -0.25) is 4.79 Å². The quantitative estimate of drug-likeness (QED) is 0.601. The molecule has 1 aromatic heterocycles. The van der Waals surface area contributed by atoms with Crippen LogP contribution in [0.1, 0.15) is 30.6 Å². The summed E-state index contributed by atoms with van der Waals surface area (Å²) < 4.78 is 11.0. The van der Waals surface area contributed by atoms with Gasteiger partial charge in [-0.05, 0) is 36.6 Å². The van der Waals surface area contributed by atoms with Crippen LogP contribution in [-0.4, -0.2) is 29.5 Å². The minimum absolute atomic E-state index is 0.0677. The third kappa shape index (κ3) is 5.78. The zero-order valence-corrected chi connectivity index (χ0v) is 16.9. The summed E-state index contributed by atoms with van der Waals surface area (Å²) in [6, 6.07) is 16.4. The van der Waals surface area contributed by atoms with Crippen molar-refractivity contribution in [2.24, 2.45) is 5.92 Å². The molecule has 0 saturated heterocycles. The molecule has 0 saturated carbocycles. The molecule has 6 heteroatoms. The van der Waals surface area contributed by atoms with Gasteiger partial charge in [0.1, 0.15) is 17.8 Å². The van der Waals surface area contributed by atoms with Crippen LogP contribution in [0.25, 0.3) is 11.3 Å². The lowest BCUT2D eigenvalue weighted by Gasteiger charge is -2.09. The second-order valence-corrected chi connectivity index (χ2v) is 7.04. The summed E-state index contributed by atoms with van der Waals surface area (Å²) in [7, 11) is 1.61. The Labute approximate surface area is 170 Å². The number of nitrogens with zero attached hydrogens (tertiary/aromatic N) is 2. The van der Waals surface area contributed by atoms with E-state index < -0.39 is 0 Å². The number of carbonyl (C=O) groups is 1. The van der Waals surface area contributed by atoms with E-state index in [1.165, 1.54) is 6.33 Å². The number of hydrogen-bond acceptors (Lipinski definition) is 5. The van der Waals surface area contributed by atoms with E-state index in [4.69, 9.17) is 9.47 Å². The summed E-state index contributed by atoms with van der Waals surface area (Å²) in [6.45, 7) is 4.94. The molecule has 0 aliphatic heterocycles. The topological polar surface area (TPSA) is 73.3 Å². The first-order chi connectivity index (χ1) is 14.0. The van der Waals surface area contributed by atoms with Crippen molar-refractivity contribution in [3.8, 4) is 28.6 Å². The molecule has 150 valence electrons. The number of carbonyl (C=O) groups excluding carboxylic acids is 1. The van der Waals surface area contributed by atoms with Crippen LogP contribution in [0, 0.1) is 5.92 Å². The number of ether oxygens (including phenoxy) is 2. The highest BCUT2D eigenvalue weighted by Crippen LogP contribution is 2.26. The van der Waals surface area contributed by atoms with E-state index in [2.05, 4.69) is 29.1 Å². The van der Waals surface area contributed by atoms with Gasteiger partial charge in [-0.15, -0.1) is 0 Å². The van der Waals surface area contributed by atoms with E-state index in [0.29, 0.717) is 41.1 Å². The zero-order chi connectivity index (χ0) is 20.6. The predicted octanol–water partition coefficient (Wildman–Crippen LogP) is 4.72. The lowest BCUT2D eigenvalue weighted by molar-refractivity contribution is 0.0952. The van der Waals surface area contributed by atoms with Crippen molar-refractivity contribution >= 4 is 5.91 Å². The Morgan fingerprint density at radius 1 is 1.03 bits per heavy atom. The molecule has 1 heterocycles. The highest BCUT2D eigenvalue weighted by molar-refractivity contribution is 5.94. The van der Waals surface area contributed by atoms with E-state index in [-0.39, 0.29) is 5.91 Å². The molecule has 3 aromatic rings. The van der Waals surface area contributed by atoms with Gasteiger partial charge in [0.25, 0.3) is 5.91 Å². The van der Waals surface area contributed by atoms with Crippen molar-refractivity contribution in [2.75, 3.05) is 13.7 Å². The van der Waals surface area contributed by atoms with Gasteiger partial charge in [0.05, 0.1) is 12.8 Å². The monoisotopic (exact) mass is 391 g/mol. The molecule has 2 aromatic carbocycles. The minimum Gasteiger partial charge on any atom is -0.497 e. The summed E-state index contributed by atoms with van der Waals surface area (Å²) in [5, 5.41) is 2.94. The van der Waals surface area contributed by atoms with E-state index in [9.17, 15) is 4.79 Å². The van der Waals surface area contributed by atoms with Gasteiger partial charge in [-0.2, -0.15) is 0 Å². The Morgan fingerprint density at radius 2 is 1.79 bits per heavy atom. The number of rotatable bonds is 8. The molecule has 0 aliphatic carbocycles. The molecule has 6 nitrogen and oxygen atoms in total. The van der Waals surface area contributed by atoms with E-state index in [1.54, 1.807) is 31.4 Å². The molecule has 0 fully saturated rings. The number of methoxy groups -OCH3 is 1. The fourth-order valence-electron chi connectivity index (χ4n) is 2.71. The van der Waals surface area contributed by atoms with E-state index >= 15 is 0 Å². The number of hydrogen-bond donors (Lipinski definition) is 1. The van der Waals surface area contributed by atoms with Crippen LogP contribution in [0.4, 0.5) is 0 Å². The van der Waals surface area contributed by atoms with Gasteiger partial charge >= 0.3 is 0 Å². The number of nitrogens with one attached hydrogen (secondary N) is 1. The molecule has 0 bridgehead atoms. The fourth-order valence-corrected chi connectivity index (χ4v) is 2.71. The van der Waals surface area contributed by atoms with Crippen LogP contribution in [0.15, 0.2) is 60.9 Å². The smallest absolute Gasteiger partial charge is 0.251 e. The third-order valence-electron chi connectivity index (χ3n) is 4.36. The van der Waals surface area contributed by atoms with Crippen LogP contribution in [0.2, 0.25) is 0 Å². The Morgan fingerprint density at radius 3 is 2.52 bits per heavy atom. The first-order valence-corrected chi connectivity index (χ1v) is 9.57. The van der Waals surface area contributed by atoms with Crippen molar-refractivity contribution in [3.63, 3.8) is 0 Å². The Hall–Kier alpha value is -3.41. The molecule has 1 N–H and O–H groups in total. The van der Waals surface area contributed by atoms with Crippen LogP contribution >= 0.6 is 0 Å². The summed E-state index contributed by atoms with van der Waals surface area (Å²) in [5.74, 6) is 2.26. The second-order valence-electron chi connectivity index (χ2n) is 7.04. The molecule has 1 amide bonds. The summed E-state index contributed by atoms with van der Waals surface area (Å²) >= 11 is 0. The minimum atomic E-state index is -0.0677. The average Bonchev–Trinajstić information content (AvgIpc) is 2.74. The third-order valence-corrected chi connectivity index (χ3v) is 4.36. The van der Waals surface area contributed by atoms with Gasteiger partial charge in [-0.25, -0.2) is 9.97 Å². The average molecular weight is 391 g/mol. The summed E-state index contributed by atoms with van der Waals surface area (Å²) in [4.78, 5) is 20.7. The molecule has 29 heavy (non-hydrogen) atoms. The SMILES string of the molecule is COc1cccc(Oc2cc(-c3ccc(C(=O)NCCC(C)C)cc3)ncn2)c1. The maximum Gasteiger partial charge on any atom is 0.251 e.